The third kappa shape index (κ3) is 3.82. The van der Waals surface area contributed by atoms with Crippen LogP contribution in [-0.2, 0) is 9.53 Å². The lowest BCUT2D eigenvalue weighted by Gasteiger charge is -2.29. The molecule has 0 N–H and O–H groups in total. The molecule has 1 unspecified atom stereocenters. The Balaban J connectivity index is 2.15. The van der Waals surface area contributed by atoms with Gasteiger partial charge in [-0.15, -0.1) is 0 Å². The maximum atomic E-state index is 14.4. The molecular formula is C19H18ClFN2O2. The van der Waals surface area contributed by atoms with E-state index in [-0.39, 0.29) is 18.3 Å². The molecule has 0 radical (unpaired) electrons. The summed E-state index contributed by atoms with van der Waals surface area (Å²) in [4.78, 5) is 17.9. The maximum Gasteiger partial charge on any atom is 0.303 e. The zero-order chi connectivity index (χ0) is 18.0. The molecule has 0 fully saturated rings. The molecule has 3 rings (SSSR count). The number of rotatable bonds is 2. The molecule has 0 spiro atoms. The highest BCUT2D eigenvalue weighted by Crippen LogP contribution is 2.29. The predicted molar refractivity (Wildman–Crippen MR) is 97.2 cm³/mol. The minimum atomic E-state index is -0.409. The van der Waals surface area contributed by atoms with E-state index in [1.165, 1.54) is 13.0 Å². The number of ether oxygens (including phenoxy) is 1. The second-order valence-corrected chi connectivity index (χ2v) is 6.38. The number of nitrogens with zero attached hydrogens (tertiary/aromatic N) is 2. The van der Waals surface area contributed by atoms with Crippen LogP contribution in [0.2, 0.25) is 5.02 Å². The van der Waals surface area contributed by atoms with Crippen molar-refractivity contribution >= 4 is 29.0 Å². The number of fused-ring (bicyclic) bond motifs is 1. The molecule has 1 aliphatic rings. The predicted octanol–water partition coefficient (Wildman–Crippen LogP) is 3.70. The van der Waals surface area contributed by atoms with Gasteiger partial charge in [0.2, 0.25) is 0 Å². The minimum Gasteiger partial charge on any atom is -0.459 e. The highest BCUT2D eigenvalue weighted by molar-refractivity contribution is 6.31. The Morgan fingerprint density at radius 2 is 2.04 bits per heavy atom. The topological polar surface area (TPSA) is 41.9 Å². The molecule has 130 valence electrons. The number of benzene rings is 2. The van der Waals surface area contributed by atoms with Gasteiger partial charge in [0.05, 0.1) is 18.8 Å². The SMILES string of the molecule is CC(=O)OC1C/N=C(/c2ccccc2F)c2cc(Cl)ccc2N(C)C1. The first-order valence-corrected chi connectivity index (χ1v) is 8.31. The summed E-state index contributed by atoms with van der Waals surface area (Å²) in [6.07, 6.45) is -0.409. The summed E-state index contributed by atoms with van der Waals surface area (Å²) in [5.74, 6) is -0.725. The van der Waals surface area contributed by atoms with Crippen molar-refractivity contribution in [1.82, 2.24) is 0 Å². The molecular weight excluding hydrogens is 343 g/mol. The summed E-state index contributed by atoms with van der Waals surface area (Å²) in [5, 5.41) is 0.549. The fourth-order valence-corrected chi connectivity index (χ4v) is 3.14. The molecule has 0 bridgehead atoms. The van der Waals surface area contributed by atoms with Crippen LogP contribution < -0.4 is 4.90 Å². The van der Waals surface area contributed by atoms with E-state index in [0.29, 0.717) is 22.8 Å². The van der Waals surface area contributed by atoms with Crippen molar-refractivity contribution in [2.45, 2.75) is 13.0 Å². The summed E-state index contributed by atoms with van der Waals surface area (Å²) in [5.41, 5.74) is 2.49. The van der Waals surface area contributed by atoms with Crippen molar-refractivity contribution in [2.24, 2.45) is 4.99 Å². The van der Waals surface area contributed by atoms with E-state index in [2.05, 4.69) is 4.99 Å². The lowest BCUT2D eigenvalue weighted by molar-refractivity contribution is -0.145. The van der Waals surface area contributed by atoms with Crippen LogP contribution in [0.1, 0.15) is 18.1 Å². The van der Waals surface area contributed by atoms with Crippen LogP contribution in [-0.4, -0.2) is 37.9 Å². The van der Waals surface area contributed by atoms with Crippen molar-refractivity contribution in [2.75, 3.05) is 25.0 Å². The summed E-state index contributed by atoms with van der Waals surface area (Å²) in [7, 11) is 1.90. The third-order valence-corrected chi connectivity index (χ3v) is 4.25. The number of anilines is 1. The van der Waals surface area contributed by atoms with Gasteiger partial charge in [-0.05, 0) is 30.3 Å². The molecule has 0 amide bonds. The second-order valence-electron chi connectivity index (χ2n) is 5.94. The van der Waals surface area contributed by atoms with Crippen molar-refractivity contribution in [3.05, 3.63) is 64.4 Å². The normalized spacial score (nSPS) is 19.3. The number of esters is 1. The molecule has 2 aromatic rings. The fourth-order valence-electron chi connectivity index (χ4n) is 2.96. The Morgan fingerprint density at radius 1 is 1.28 bits per heavy atom. The minimum absolute atomic E-state index is 0.250. The van der Waals surface area contributed by atoms with Gasteiger partial charge in [-0.2, -0.15) is 0 Å². The van der Waals surface area contributed by atoms with E-state index < -0.39 is 6.10 Å². The largest absolute Gasteiger partial charge is 0.459 e. The van der Waals surface area contributed by atoms with Crippen LogP contribution >= 0.6 is 11.6 Å². The van der Waals surface area contributed by atoms with Crippen LogP contribution in [0.15, 0.2) is 47.5 Å². The Bertz CT molecular complexity index is 838. The highest BCUT2D eigenvalue weighted by Gasteiger charge is 2.24. The van der Waals surface area contributed by atoms with Crippen LogP contribution in [0.3, 0.4) is 0 Å². The Labute approximate surface area is 150 Å². The van der Waals surface area contributed by atoms with E-state index in [4.69, 9.17) is 16.3 Å². The van der Waals surface area contributed by atoms with Gasteiger partial charge in [0.15, 0.2) is 0 Å². The van der Waals surface area contributed by atoms with E-state index in [1.54, 1.807) is 30.3 Å². The van der Waals surface area contributed by atoms with Crippen LogP contribution in [0.4, 0.5) is 10.1 Å². The van der Waals surface area contributed by atoms with Crippen molar-refractivity contribution in [1.29, 1.82) is 0 Å². The molecule has 0 aliphatic carbocycles. The number of hydrogen-bond donors (Lipinski definition) is 0. The molecule has 1 atom stereocenters. The maximum absolute atomic E-state index is 14.4. The number of carbonyl (C=O) groups is 1. The molecule has 4 nitrogen and oxygen atoms in total. The second kappa shape index (κ2) is 7.23. The monoisotopic (exact) mass is 360 g/mol. The summed E-state index contributed by atoms with van der Waals surface area (Å²) in [6, 6.07) is 11.9. The van der Waals surface area contributed by atoms with E-state index in [1.807, 2.05) is 18.0 Å². The molecule has 0 saturated heterocycles. The van der Waals surface area contributed by atoms with Gasteiger partial charge in [-0.3, -0.25) is 9.79 Å². The first-order chi connectivity index (χ1) is 12.0. The lowest BCUT2D eigenvalue weighted by Crippen LogP contribution is -2.37. The molecule has 0 saturated carbocycles. The summed E-state index contributed by atoms with van der Waals surface area (Å²) < 4.78 is 19.7. The molecule has 1 heterocycles. The average molecular weight is 361 g/mol. The van der Waals surface area contributed by atoms with E-state index >= 15 is 0 Å². The zero-order valence-electron chi connectivity index (χ0n) is 14.0. The molecule has 25 heavy (non-hydrogen) atoms. The summed E-state index contributed by atoms with van der Waals surface area (Å²) >= 11 is 6.17. The van der Waals surface area contributed by atoms with E-state index in [9.17, 15) is 9.18 Å². The van der Waals surface area contributed by atoms with Gasteiger partial charge in [0, 0.05) is 35.8 Å². The van der Waals surface area contributed by atoms with Gasteiger partial charge in [0.1, 0.15) is 11.9 Å². The number of likely N-dealkylation sites (N-methyl/N-ethyl adjacent to an activating group) is 1. The van der Waals surface area contributed by atoms with E-state index in [0.717, 1.165) is 11.3 Å². The Kier molecular flexibility index (Phi) is 5.04. The fraction of sp³-hybridized carbons (Fsp3) is 0.263. The zero-order valence-corrected chi connectivity index (χ0v) is 14.8. The smallest absolute Gasteiger partial charge is 0.303 e. The number of hydrogen-bond acceptors (Lipinski definition) is 4. The average Bonchev–Trinajstić information content (AvgIpc) is 2.54. The number of halogens is 2. The van der Waals surface area contributed by atoms with Crippen LogP contribution in [0, 0.1) is 5.82 Å². The Morgan fingerprint density at radius 3 is 2.76 bits per heavy atom. The third-order valence-electron chi connectivity index (χ3n) is 4.02. The highest BCUT2D eigenvalue weighted by atomic mass is 35.5. The van der Waals surface area contributed by atoms with Gasteiger partial charge < -0.3 is 9.64 Å². The van der Waals surface area contributed by atoms with Crippen LogP contribution in [0.5, 0.6) is 0 Å². The van der Waals surface area contributed by atoms with Crippen molar-refractivity contribution in [3.8, 4) is 0 Å². The lowest BCUT2D eigenvalue weighted by atomic mass is 9.98. The summed E-state index contributed by atoms with van der Waals surface area (Å²) in [6.45, 7) is 2.11. The van der Waals surface area contributed by atoms with Gasteiger partial charge in [-0.1, -0.05) is 23.7 Å². The van der Waals surface area contributed by atoms with Gasteiger partial charge >= 0.3 is 5.97 Å². The quantitative estimate of drug-likeness (QED) is 0.767. The van der Waals surface area contributed by atoms with Gasteiger partial charge in [-0.25, -0.2) is 4.39 Å². The molecule has 6 heteroatoms. The van der Waals surface area contributed by atoms with Crippen LogP contribution in [0.25, 0.3) is 0 Å². The first-order valence-electron chi connectivity index (χ1n) is 7.93. The molecule has 1 aliphatic heterocycles. The number of carbonyl (C=O) groups excluding carboxylic acids is 1. The standard InChI is InChI=1S/C19H18ClFN2O2/c1-12(24)25-14-10-22-19(15-5-3-4-6-17(15)21)16-9-13(20)7-8-18(16)23(2)11-14/h3-9,14H,10-11H2,1-2H3/b22-19-. The number of aliphatic imine (C=N–C) groups is 1. The molecule has 0 aromatic heterocycles. The van der Waals surface area contributed by atoms with Crippen molar-refractivity contribution < 1.29 is 13.9 Å². The Hall–Kier alpha value is -2.40. The molecule has 2 aromatic carbocycles. The first kappa shape index (κ1) is 17.4. The van der Waals surface area contributed by atoms with Gasteiger partial charge in [0.25, 0.3) is 0 Å². The van der Waals surface area contributed by atoms with Crippen molar-refractivity contribution in [3.63, 3.8) is 0 Å².